The topological polar surface area (TPSA) is 73.6 Å². The molecule has 0 saturated carbocycles. The predicted molar refractivity (Wildman–Crippen MR) is 100 cm³/mol. The van der Waals surface area contributed by atoms with Gasteiger partial charge in [0.05, 0.1) is 7.11 Å². The molecule has 1 amide bonds. The van der Waals surface area contributed by atoms with Crippen molar-refractivity contribution in [2.24, 2.45) is 5.73 Å². The number of benzene rings is 1. The van der Waals surface area contributed by atoms with Crippen LogP contribution in [0.1, 0.15) is 32.3 Å². The van der Waals surface area contributed by atoms with Gasteiger partial charge in [-0.2, -0.15) is 0 Å². The Balaban J connectivity index is 0.00000529. The van der Waals surface area contributed by atoms with Crippen LogP contribution in [0, 0.1) is 0 Å². The molecule has 136 valence electrons. The third-order valence-electron chi connectivity index (χ3n) is 4.01. The van der Waals surface area contributed by atoms with Gasteiger partial charge in [0.25, 0.3) is 5.91 Å². The number of hydrogen-bond donors (Lipinski definition) is 2. The second-order valence-electron chi connectivity index (χ2n) is 5.61. The Hall–Kier alpha value is -1.72. The van der Waals surface area contributed by atoms with Crippen molar-refractivity contribution in [3.05, 3.63) is 36.4 Å². The quantitative estimate of drug-likeness (QED) is 0.632. The Morgan fingerprint density at radius 1 is 1.33 bits per heavy atom. The first-order valence-corrected chi connectivity index (χ1v) is 7.94. The van der Waals surface area contributed by atoms with Gasteiger partial charge >= 0.3 is 0 Å². The highest BCUT2D eigenvalue weighted by Gasteiger charge is 2.21. The van der Waals surface area contributed by atoms with Crippen molar-refractivity contribution in [2.75, 3.05) is 20.3 Å². The number of carbonyl (C=O) groups excluding carboxylic acids is 1. The van der Waals surface area contributed by atoms with E-state index in [0.717, 1.165) is 24.8 Å². The van der Waals surface area contributed by atoms with Crippen LogP contribution in [0.5, 0.6) is 11.5 Å². The molecule has 5 nitrogen and oxygen atoms in total. The average Bonchev–Trinajstić information content (AvgIpc) is 2.58. The van der Waals surface area contributed by atoms with Gasteiger partial charge in [-0.3, -0.25) is 4.79 Å². The first kappa shape index (κ1) is 22.3. The van der Waals surface area contributed by atoms with Gasteiger partial charge in [0.2, 0.25) is 0 Å². The minimum Gasteiger partial charge on any atom is -0.493 e. The summed E-state index contributed by atoms with van der Waals surface area (Å²) < 4.78 is 10.9. The molecule has 0 aliphatic heterocycles. The number of nitrogens with one attached hydrogen (secondary N) is 1. The van der Waals surface area contributed by atoms with Gasteiger partial charge in [-0.05, 0) is 37.0 Å². The fraction of sp³-hybridized carbons (Fsp3) is 0.500. The van der Waals surface area contributed by atoms with Gasteiger partial charge in [0, 0.05) is 12.1 Å². The van der Waals surface area contributed by atoms with E-state index in [1.807, 2.05) is 32.1 Å². The van der Waals surface area contributed by atoms with E-state index in [0.29, 0.717) is 18.0 Å². The van der Waals surface area contributed by atoms with E-state index in [9.17, 15) is 4.79 Å². The zero-order valence-corrected chi connectivity index (χ0v) is 15.6. The zero-order chi connectivity index (χ0) is 17.3. The number of halogens is 1. The summed E-state index contributed by atoms with van der Waals surface area (Å²) in [5, 5.41) is 2.82. The van der Waals surface area contributed by atoms with E-state index in [1.54, 1.807) is 13.2 Å². The lowest BCUT2D eigenvalue weighted by atomic mass is 9.94. The van der Waals surface area contributed by atoms with Crippen LogP contribution in [0.15, 0.2) is 30.9 Å². The molecule has 0 bridgehead atoms. The normalized spacial score (nSPS) is 10.5. The first-order chi connectivity index (χ1) is 11.0. The van der Waals surface area contributed by atoms with Crippen LogP contribution in [-0.4, -0.2) is 31.7 Å². The summed E-state index contributed by atoms with van der Waals surface area (Å²) in [6, 6.07) is 5.61. The zero-order valence-electron chi connectivity index (χ0n) is 14.8. The molecule has 0 radical (unpaired) electrons. The predicted octanol–water partition coefficient (Wildman–Crippen LogP) is 2.86. The molecular formula is C18H29ClN2O3. The first-order valence-electron chi connectivity index (χ1n) is 7.94. The minimum absolute atomic E-state index is 0. The number of ether oxygens (including phenoxy) is 2. The van der Waals surface area contributed by atoms with Crippen molar-refractivity contribution in [1.29, 1.82) is 0 Å². The molecule has 24 heavy (non-hydrogen) atoms. The molecule has 0 atom stereocenters. The Bertz CT molecular complexity index is 531. The number of amides is 1. The third-order valence-corrected chi connectivity index (χ3v) is 4.01. The van der Waals surface area contributed by atoms with Crippen LogP contribution in [0.25, 0.3) is 0 Å². The van der Waals surface area contributed by atoms with Crippen LogP contribution in [0.4, 0.5) is 0 Å². The molecule has 0 aromatic heterocycles. The summed E-state index contributed by atoms with van der Waals surface area (Å²) in [4.78, 5) is 11.9. The van der Waals surface area contributed by atoms with Crippen molar-refractivity contribution >= 4 is 18.3 Å². The van der Waals surface area contributed by atoms with E-state index in [2.05, 4.69) is 11.9 Å². The molecule has 0 heterocycles. The van der Waals surface area contributed by atoms with Crippen molar-refractivity contribution in [3.63, 3.8) is 0 Å². The maximum Gasteiger partial charge on any atom is 0.258 e. The molecule has 0 saturated heterocycles. The van der Waals surface area contributed by atoms with Crippen molar-refractivity contribution in [1.82, 2.24) is 5.32 Å². The lowest BCUT2D eigenvalue weighted by Gasteiger charge is -2.26. The van der Waals surface area contributed by atoms with Crippen molar-refractivity contribution in [3.8, 4) is 11.5 Å². The average molecular weight is 357 g/mol. The molecule has 0 unspecified atom stereocenters. The third kappa shape index (κ3) is 6.81. The highest BCUT2D eigenvalue weighted by molar-refractivity contribution is 5.85. The lowest BCUT2D eigenvalue weighted by molar-refractivity contribution is -0.123. The van der Waals surface area contributed by atoms with Gasteiger partial charge in [0.1, 0.15) is 0 Å². The number of hydrogen-bond acceptors (Lipinski definition) is 4. The molecule has 0 spiro atoms. The van der Waals surface area contributed by atoms with Gasteiger partial charge in [0.15, 0.2) is 18.1 Å². The highest BCUT2D eigenvalue weighted by Crippen LogP contribution is 2.28. The summed E-state index contributed by atoms with van der Waals surface area (Å²) in [6.45, 7) is 8.12. The van der Waals surface area contributed by atoms with Gasteiger partial charge < -0.3 is 20.5 Å². The van der Waals surface area contributed by atoms with Crippen molar-refractivity contribution < 1.29 is 14.3 Å². The van der Waals surface area contributed by atoms with Crippen LogP contribution < -0.4 is 20.5 Å². The number of rotatable bonds is 10. The van der Waals surface area contributed by atoms with E-state index in [4.69, 9.17) is 15.2 Å². The molecule has 0 aliphatic rings. The van der Waals surface area contributed by atoms with E-state index < -0.39 is 0 Å². The maximum absolute atomic E-state index is 11.9. The fourth-order valence-corrected chi connectivity index (χ4v) is 2.09. The summed E-state index contributed by atoms with van der Waals surface area (Å²) in [7, 11) is 1.57. The Labute approximate surface area is 151 Å². The van der Waals surface area contributed by atoms with Gasteiger partial charge in [-0.1, -0.05) is 26.0 Å². The number of carbonyl (C=O) groups is 1. The molecule has 0 aliphatic carbocycles. The van der Waals surface area contributed by atoms with Crippen LogP contribution in [0.3, 0.4) is 0 Å². The highest BCUT2D eigenvalue weighted by atomic mass is 35.5. The lowest BCUT2D eigenvalue weighted by Crippen LogP contribution is -2.50. The van der Waals surface area contributed by atoms with Crippen molar-refractivity contribution in [2.45, 2.75) is 38.6 Å². The summed E-state index contributed by atoms with van der Waals surface area (Å²) in [5.74, 6) is 0.951. The van der Waals surface area contributed by atoms with E-state index in [1.165, 1.54) is 0 Å². The maximum atomic E-state index is 11.9. The molecule has 1 aromatic carbocycles. The largest absolute Gasteiger partial charge is 0.493 e. The van der Waals surface area contributed by atoms with E-state index >= 15 is 0 Å². The Kier molecular flexibility index (Phi) is 10.2. The fourth-order valence-electron chi connectivity index (χ4n) is 2.09. The monoisotopic (exact) mass is 356 g/mol. The van der Waals surface area contributed by atoms with E-state index in [-0.39, 0.29) is 30.5 Å². The van der Waals surface area contributed by atoms with Gasteiger partial charge in [-0.25, -0.2) is 0 Å². The second kappa shape index (κ2) is 10.9. The smallest absolute Gasteiger partial charge is 0.258 e. The molecule has 3 N–H and O–H groups in total. The molecule has 1 aromatic rings. The van der Waals surface area contributed by atoms with Crippen LogP contribution in [-0.2, 0) is 11.2 Å². The summed E-state index contributed by atoms with van der Waals surface area (Å²) in [5.41, 5.74) is 6.87. The Morgan fingerprint density at radius 2 is 2.00 bits per heavy atom. The number of allylic oxidation sites excluding steroid dienone is 1. The standard InChI is InChI=1S/C18H28N2O3.ClH/c1-5-8-14-9-10-15(16(11-14)22-4)23-12-17(21)20-13-18(19,6-2)7-3;/h5,9-11H,1,6-8,12-13,19H2,2-4H3,(H,20,21);1H. The Morgan fingerprint density at radius 3 is 2.54 bits per heavy atom. The SMILES string of the molecule is C=CCc1ccc(OCC(=O)NCC(N)(CC)CC)c(OC)c1.Cl. The molecule has 0 fully saturated rings. The number of nitrogens with two attached hydrogens (primary N) is 1. The summed E-state index contributed by atoms with van der Waals surface area (Å²) >= 11 is 0. The number of methoxy groups -OCH3 is 1. The van der Waals surface area contributed by atoms with Crippen LogP contribution in [0.2, 0.25) is 0 Å². The second-order valence-corrected chi connectivity index (χ2v) is 5.61. The molecule has 6 heteroatoms. The molecule has 1 rings (SSSR count). The minimum atomic E-state index is -0.361. The van der Waals surface area contributed by atoms with Crippen LogP contribution >= 0.6 is 12.4 Å². The molecular weight excluding hydrogens is 328 g/mol. The van der Waals surface area contributed by atoms with Gasteiger partial charge in [-0.15, -0.1) is 19.0 Å². The summed E-state index contributed by atoms with van der Waals surface area (Å²) in [6.07, 6.45) is 4.19.